The number of hydrazone groups is 1. The Morgan fingerprint density at radius 2 is 1.97 bits per heavy atom. The first-order valence-electron chi connectivity index (χ1n) is 9.38. The van der Waals surface area contributed by atoms with E-state index in [9.17, 15) is 4.79 Å². The van der Waals surface area contributed by atoms with Gasteiger partial charge in [0.1, 0.15) is 23.8 Å². The number of aromatic nitrogens is 2. The molecule has 0 aliphatic heterocycles. The molecule has 2 aromatic carbocycles. The Labute approximate surface area is 173 Å². The van der Waals surface area contributed by atoms with Crippen molar-refractivity contribution < 1.29 is 13.9 Å². The van der Waals surface area contributed by atoms with E-state index in [0.717, 1.165) is 16.9 Å². The summed E-state index contributed by atoms with van der Waals surface area (Å²) in [5.41, 5.74) is 6.59. The fourth-order valence-electron chi connectivity index (χ4n) is 2.74. The second kappa shape index (κ2) is 8.91. The molecule has 0 saturated heterocycles. The van der Waals surface area contributed by atoms with E-state index in [0.29, 0.717) is 23.8 Å². The van der Waals surface area contributed by atoms with Crippen LogP contribution in [0.2, 0.25) is 0 Å². The number of furan rings is 1. The smallest absolute Gasteiger partial charge is 0.289 e. The average molecular weight is 400 g/mol. The van der Waals surface area contributed by atoms with Crippen LogP contribution in [0.1, 0.15) is 27.4 Å². The van der Waals surface area contributed by atoms with Crippen molar-refractivity contribution in [3.8, 4) is 17.0 Å². The molecule has 0 atom stereocenters. The van der Waals surface area contributed by atoms with Crippen LogP contribution in [-0.2, 0) is 6.61 Å². The molecule has 7 nitrogen and oxygen atoms in total. The van der Waals surface area contributed by atoms with Gasteiger partial charge in [-0.1, -0.05) is 29.8 Å². The lowest BCUT2D eigenvalue weighted by Crippen LogP contribution is -2.17. The van der Waals surface area contributed by atoms with Crippen LogP contribution < -0.4 is 10.2 Å². The first-order chi connectivity index (χ1) is 14.7. The van der Waals surface area contributed by atoms with Gasteiger partial charge in [0.05, 0.1) is 18.2 Å². The average Bonchev–Trinajstić information content (AvgIpc) is 3.46. The summed E-state index contributed by atoms with van der Waals surface area (Å²) in [7, 11) is 0. The van der Waals surface area contributed by atoms with Crippen LogP contribution >= 0.6 is 0 Å². The molecule has 0 bridgehead atoms. The minimum atomic E-state index is -0.394. The molecule has 150 valence electrons. The largest absolute Gasteiger partial charge is 0.489 e. The van der Waals surface area contributed by atoms with Crippen LogP contribution in [0, 0.1) is 6.92 Å². The van der Waals surface area contributed by atoms with E-state index in [2.05, 4.69) is 51.9 Å². The lowest BCUT2D eigenvalue weighted by molar-refractivity contribution is 0.0950. The number of benzene rings is 2. The SMILES string of the molecule is Cc1ccc(COc2ccc(-c3cc(C(=O)NN=Cc4ccco4)[nH]n3)cc2)cc1. The van der Waals surface area contributed by atoms with Crippen molar-refractivity contribution in [1.82, 2.24) is 15.6 Å². The summed E-state index contributed by atoms with van der Waals surface area (Å²) < 4.78 is 10.9. The van der Waals surface area contributed by atoms with Gasteiger partial charge in [-0.3, -0.25) is 9.89 Å². The molecule has 0 saturated carbocycles. The Kier molecular flexibility index (Phi) is 5.70. The number of rotatable bonds is 7. The van der Waals surface area contributed by atoms with Crippen LogP contribution in [-0.4, -0.2) is 22.3 Å². The number of aromatic amines is 1. The monoisotopic (exact) mass is 400 g/mol. The maximum Gasteiger partial charge on any atom is 0.289 e. The van der Waals surface area contributed by atoms with E-state index in [-0.39, 0.29) is 0 Å². The van der Waals surface area contributed by atoms with E-state index in [4.69, 9.17) is 9.15 Å². The maximum absolute atomic E-state index is 12.2. The van der Waals surface area contributed by atoms with Gasteiger partial charge in [-0.2, -0.15) is 10.2 Å². The topological polar surface area (TPSA) is 92.5 Å². The first-order valence-corrected chi connectivity index (χ1v) is 9.38. The summed E-state index contributed by atoms with van der Waals surface area (Å²) in [5.74, 6) is 0.917. The Bertz CT molecular complexity index is 1130. The molecule has 0 unspecified atom stereocenters. The zero-order valence-corrected chi connectivity index (χ0v) is 16.3. The third-order valence-corrected chi connectivity index (χ3v) is 4.40. The number of amides is 1. The number of hydrogen-bond acceptors (Lipinski definition) is 5. The van der Waals surface area contributed by atoms with Crippen molar-refractivity contribution in [3.05, 3.63) is 95.6 Å². The molecule has 0 aliphatic carbocycles. The highest BCUT2D eigenvalue weighted by molar-refractivity contribution is 5.93. The Hall–Kier alpha value is -4.13. The Morgan fingerprint density at radius 3 is 2.70 bits per heavy atom. The van der Waals surface area contributed by atoms with Gasteiger partial charge in [0, 0.05) is 5.56 Å². The normalized spacial score (nSPS) is 11.0. The van der Waals surface area contributed by atoms with Gasteiger partial charge in [-0.25, -0.2) is 5.43 Å². The lowest BCUT2D eigenvalue weighted by Gasteiger charge is -2.07. The van der Waals surface area contributed by atoms with Crippen molar-refractivity contribution in [3.63, 3.8) is 0 Å². The highest BCUT2D eigenvalue weighted by atomic mass is 16.5. The third kappa shape index (κ3) is 4.82. The molecule has 2 N–H and O–H groups in total. The van der Waals surface area contributed by atoms with Gasteiger partial charge in [0.15, 0.2) is 0 Å². The predicted molar refractivity (Wildman–Crippen MR) is 113 cm³/mol. The highest BCUT2D eigenvalue weighted by Gasteiger charge is 2.10. The van der Waals surface area contributed by atoms with Crippen LogP contribution in [0.25, 0.3) is 11.3 Å². The minimum absolute atomic E-state index is 0.307. The molecular formula is C23H20N4O3. The molecule has 0 radical (unpaired) electrons. The van der Waals surface area contributed by atoms with Gasteiger partial charge >= 0.3 is 0 Å². The van der Waals surface area contributed by atoms with E-state index in [1.807, 2.05) is 24.3 Å². The molecule has 30 heavy (non-hydrogen) atoms. The first kappa shape index (κ1) is 19.2. The van der Waals surface area contributed by atoms with Gasteiger partial charge in [-0.05, 0) is 55.0 Å². The second-order valence-electron chi connectivity index (χ2n) is 6.68. The third-order valence-electron chi connectivity index (χ3n) is 4.40. The molecule has 4 aromatic rings. The Balaban J connectivity index is 1.34. The fourth-order valence-corrected chi connectivity index (χ4v) is 2.74. The van der Waals surface area contributed by atoms with Crippen molar-refractivity contribution in [2.45, 2.75) is 13.5 Å². The second-order valence-corrected chi connectivity index (χ2v) is 6.68. The molecule has 0 aliphatic rings. The summed E-state index contributed by atoms with van der Waals surface area (Å²) in [6.45, 7) is 2.56. The molecule has 0 spiro atoms. The summed E-state index contributed by atoms with van der Waals surface area (Å²) in [6, 6.07) is 20.9. The van der Waals surface area contributed by atoms with Crippen LogP contribution in [0.4, 0.5) is 0 Å². The van der Waals surface area contributed by atoms with Crippen LogP contribution in [0.3, 0.4) is 0 Å². The van der Waals surface area contributed by atoms with E-state index < -0.39 is 5.91 Å². The fraction of sp³-hybridized carbons (Fsp3) is 0.0870. The van der Waals surface area contributed by atoms with E-state index in [1.165, 1.54) is 18.0 Å². The maximum atomic E-state index is 12.2. The van der Waals surface area contributed by atoms with Crippen molar-refractivity contribution in [2.75, 3.05) is 0 Å². The molecule has 4 rings (SSSR count). The lowest BCUT2D eigenvalue weighted by atomic mass is 10.1. The molecule has 2 heterocycles. The number of carbonyl (C=O) groups is 1. The van der Waals surface area contributed by atoms with Gasteiger partial charge in [-0.15, -0.1) is 0 Å². The molecule has 1 amide bonds. The zero-order valence-electron chi connectivity index (χ0n) is 16.3. The summed E-state index contributed by atoms with van der Waals surface area (Å²) in [4.78, 5) is 12.2. The molecule has 7 heteroatoms. The van der Waals surface area contributed by atoms with Crippen LogP contribution in [0.5, 0.6) is 5.75 Å². The van der Waals surface area contributed by atoms with E-state index in [1.54, 1.807) is 18.2 Å². The molecule has 2 aromatic heterocycles. The molecular weight excluding hydrogens is 380 g/mol. The quantitative estimate of drug-likeness (QED) is 0.357. The number of aryl methyl sites for hydroxylation is 1. The van der Waals surface area contributed by atoms with Crippen molar-refractivity contribution in [2.24, 2.45) is 5.10 Å². The van der Waals surface area contributed by atoms with E-state index >= 15 is 0 Å². The minimum Gasteiger partial charge on any atom is -0.489 e. The van der Waals surface area contributed by atoms with Gasteiger partial charge in [0.25, 0.3) is 5.91 Å². The summed E-state index contributed by atoms with van der Waals surface area (Å²) >= 11 is 0. The number of carbonyl (C=O) groups excluding carboxylic acids is 1. The highest BCUT2D eigenvalue weighted by Crippen LogP contribution is 2.22. The summed E-state index contributed by atoms with van der Waals surface area (Å²) in [6.07, 6.45) is 2.95. The Morgan fingerprint density at radius 1 is 1.17 bits per heavy atom. The number of H-pyrrole nitrogens is 1. The predicted octanol–water partition coefficient (Wildman–Crippen LogP) is 4.32. The van der Waals surface area contributed by atoms with Gasteiger partial charge in [0.2, 0.25) is 0 Å². The number of hydrogen-bond donors (Lipinski definition) is 2. The summed E-state index contributed by atoms with van der Waals surface area (Å²) in [5, 5.41) is 10.8. The van der Waals surface area contributed by atoms with Gasteiger partial charge < -0.3 is 9.15 Å². The number of nitrogens with zero attached hydrogens (tertiary/aromatic N) is 2. The zero-order chi connectivity index (χ0) is 20.8. The number of ether oxygens (including phenoxy) is 1. The molecule has 0 fully saturated rings. The van der Waals surface area contributed by atoms with Crippen molar-refractivity contribution >= 4 is 12.1 Å². The standard InChI is InChI=1S/C23H20N4O3/c1-16-4-6-17(7-5-16)15-30-19-10-8-18(9-11-19)21-13-22(26-25-21)23(28)27-24-14-20-3-2-12-29-20/h2-14H,15H2,1H3,(H,25,26)(H,27,28). The van der Waals surface area contributed by atoms with Crippen LogP contribution in [0.15, 0.2) is 82.5 Å². The van der Waals surface area contributed by atoms with Crippen molar-refractivity contribution in [1.29, 1.82) is 0 Å². The number of nitrogens with one attached hydrogen (secondary N) is 2.